The molecular weight excluding hydrogens is 504 g/mol. The van der Waals surface area contributed by atoms with Crippen molar-refractivity contribution in [2.45, 2.75) is 44.0 Å². The van der Waals surface area contributed by atoms with Crippen LogP contribution in [0.4, 0.5) is 5.69 Å². The Labute approximate surface area is 227 Å². The van der Waals surface area contributed by atoms with Gasteiger partial charge in [0.15, 0.2) is 0 Å². The van der Waals surface area contributed by atoms with E-state index in [1.807, 2.05) is 23.1 Å². The topological polar surface area (TPSA) is 16.4 Å². The SMILES string of the molecule is CCC[n+]1c(C=CC2=C(Cl)C(=CC=C3Sc4ccccc4N3CCOC)CCC2)sc2ccccc21. The molecule has 2 aliphatic rings. The molecule has 0 radical (unpaired) electrons. The van der Waals surface area contributed by atoms with Crippen molar-refractivity contribution in [1.29, 1.82) is 0 Å². The van der Waals surface area contributed by atoms with Crippen molar-refractivity contribution in [3.63, 3.8) is 0 Å². The molecule has 0 atom stereocenters. The Hall–Kier alpha value is -2.31. The zero-order valence-electron chi connectivity index (χ0n) is 20.9. The minimum absolute atomic E-state index is 0.689. The Morgan fingerprint density at radius 3 is 2.75 bits per heavy atom. The molecule has 5 rings (SSSR count). The van der Waals surface area contributed by atoms with E-state index in [2.05, 4.69) is 89.2 Å². The number of hydrogen-bond donors (Lipinski definition) is 0. The van der Waals surface area contributed by atoms with E-state index in [1.54, 1.807) is 7.11 Å². The lowest BCUT2D eigenvalue weighted by Gasteiger charge is -2.20. The highest BCUT2D eigenvalue weighted by Crippen LogP contribution is 2.46. The number of aryl methyl sites for hydroxylation is 1. The summed E-state index contributed by atoms with van der Waals surface area (Å²) in [6.07, 6.45) is 13.2. The fourth-order valence-electron chi connectivity index (χ4n) is 4.77. The molecule has 6 heteroatoms. The number of thioether (sulfide) groups is 1. The first kappa shape index (κ1) is 25.3. The maximum absolute atomic E-state index is 6.98. The van der Waals surface area contributed by atoms with Crippen LogP contribution < -0.4 is 9.47 Å². The Kier molecular flexibility index (Phi) is 8.32. The molecule has 1 aromatic heterocycles. The fourth-order valence-corrected chi connectivity index (χ4v) is 7.27. The predicted octanol–water partition coefficient (Wildman–Crippen LogP) is 8.32. The summed E-state index contributed by atoms with van der Waals surface area (Å²) in [5.74, 6) is 0. The molecule has 0 saturated carbocycles. The molecule has 0 bridgehead atoms. The lowest BCUT2D eigenvalue weighted by atomic mass is 9.94. The summed E-state index contributed by atoms with van der Waals surface area (Å²) in [5, 5.41) is 3.40. The van der Waals surface area contributed by atoms with Gasteiger partial charge in [-0.05, 0) is 54.7 Å². The van der Waals surface area contributed by atoms with Crippen LogP contribution in [0.25, 0.3) is 16.3 Å². The van der Waals surface area contributed by atoms with Crippen LogP contribution in [0.2, 0.25) is 0 Å². The van der Waals surface area contributed by atoms with E-state index < -0.39 is 0 Å². The first-order chi connectivity index (χ1) is 17.7. The third kappa shape index (κ3) is 5.35. The largest absolute Gasteiger partial charge is 0.383 e. The predicted molar refractivity (Wildman–Crippen MR) is 156 cm³/mol. The molecule has 2 aromatic carbocycles. The number of rotatable bonds is 8. The van der Waals surface area contributed by atoms with Crippen LogP contribution in [0.1, 0.15) is 37.6 Å². The minimum atomic E-state index is 0.689. The Balaban J connectivity index is 1.41. The number of allylic oxidation sites excluding steroid dienone is 6. The average Bonchev–Trinajstić information content (AvgIpc) is 3.44. The third-order valence-electron chi connectivity index (χ3n) is 6.55. The molecular formula is C30H32ClN2OS2+. The molecule has 1 aliphatic heterocycles. The Morgan fingerprint density at radius 1 is 1.06 bits per heavy atom. The maximum Gasteiger partial charge on any atom is 0.262 e. The van der Waals surface area contributed by atoms with Crippen molar-refractivity contribution in [2.24, 2.45) is 0 Å². The van der Waals surface area contributed by atoms with Crippen LogP contribution in [-0.2, 0) is 11.3 Å². The summed E-state index contributed by atoms with van der Waals surface area (Å²) in [5.41, 5.74) is 5.01. The first-order valence-electron chi connectivity index (χ1n) is 12.6. The van der Waals surface area contributed by atoms with Gasteiger partial charge in [-0.3, -0.25) is 0 Å². The molecule has 36 heavy (non-hydrogen) atoms. The van der Waals surface area contributed by atoms with Gasteiger partial charge >= 0.3 is 0 Å². The Bertz CT molecular complexity index is 1370. The summed E-state index contributed by atoms with van der Waals surface area (Å²) >= 11 is 10.6. The van der Waals surface area contributed by atoms with Crippen molar-refractivity contribution in [3.05, 3.63) is 93.0 Å². The second kappa shape index (κ2) is 11.8. The van der Waals surface area contributed by atoms with E-state index in [0.717, 1.165) is 43.8 Å². The van der Waals surface area contributed by atoms with E-state index >= 15 is 0 Å². The van der Waals surface area contributed by atoms with Gasteiger partial charge in [-0.2, -0.15) is 4.57 Å². The molecule has 0 N–H and O–H groups in total. The van der Waals surface area contributed by atoms with Crippen molar-refractivity contribution < 1.29 is 9.30 Å². The number of nitrogens with zero attached hydrogens (tertiary/aromatic N) is 2. The number of thiazole rings is 1. The van der Waals surface area contributed by atoms with Gasteiger partial charge in [0.25, 0.3) is 5.01 Å². The minimum Gasteiger partial charge on any atom is -0.383 e. The lowest BCUT2D eigenvalue weighted by molar-refractivity contribution is -0.668. The number of para-hydroxylation sites is 2. The van der Waals surface area contributed by atoms with Gasteiger partial charge in [0.05, 0.1) is 17.3 Å². The number of methoxy groups -OCH3 is 1. The number of hydrogen-bond acceptors (Lipinski definition) is 4. The van der Waals surface area contributed by atoms with Crippen LogP contribution in [0.3, 0.4) is 0 Å². The second-order valence-corrected chi connectivity index (χ2v) is 11.5. The highest BCUT2D eigenvalue weighted by molar-refractivity contribution is 8.03. The third-order valence-corrected chi connectivity index (χ3v) is 9.30. The monoisotopic (exact) mass is 535 g/mol. The highest BCUT2D eigenvalue weighted by Gasteiger charge is 2.24. The van der Waals surface area contributed by atoms with E-state index in [0.29, 0.717) is 6.61 Å². The van der Waals surface area contributed by atoms with Crippen LogP contribution in [-0.4, -0.2) is 20.3 Å². The van der Waals surface area contributed by atoms with Crippen molar-refractivity contribution >= 4 is 56.7 Å². The van der Waals surface area contributed by atoms with E-state index in [9.17, 15) is 0 Å². The summed E-state index contributed by atoms with van der Waals surface area (Å²) in [4.78, 5) is 3.63. The summed E-state index contributed by atoms with van der Waals surface area (Å²) in [6.45, 7) is 4.78. The van der Waals surface area contributed by atoms with E-state index in [1.165, 1.54) is 42.0 Å². The molecule has 0 saturated heterocycles. The van der Waals surface area contributed by atoms with Crippen LogP contribution >= 0.6 is 34.7 Å². The van der Waals surface area contributed by atoms with Gasteiger partial charge < -0.3 is 9.64 Å². The van der Waals surface area contributed by atoms with Crippen LogP contribution in [0, 0.1) is 0 Å². The molecule has 0 unspecified atom stereocenters. The van der Waals surface area contributed by atoms with Crippen molar-refractivity contribution in [2.75, 3.05) is 25.2 Å². The quantitative estimate of drug-likeness (QED) is 0.270. The van der Waals surface area contributed by atoms with Gasteiger partial charge in [0.2, 0.25) is 5.52 Å². The van der Waals surface area contributed by atoms with Crippen LogP contribution in [0.15, 0.2) is 92.9 Å². The number of ether oxygens (including phenoxy) is 1. The molecule has 3 nitrogen and oxygen atoms in total. The highest BCUT2D eigenvalue weighted by atomic mass is 35.5. The number of benzene rings is 2. The smallest absolute Gasteiger partial charge is 0.262 e. The number of anilines is 1. The Morgan fingerprint density at radius 2 is 1.89 bits per heavy atom. The van der Waals surface area contributed by atoms with Gasteiger partial charge in [-0.25, -0.2) is 0 Å². The van der Waals surface area contributed by atoms with Crippen molar-refractivity contribution in [1.82, 2.24) is 0 Å². The van der Waals surface area contributed by atoms with E-state index in [-0.39, 0.29) is 0 Å². The zero-order chi connectivity index (χ0) is 24.9. The van der Waals surface area contributed by atoms with Gasteiger partial charge in [0, 0.05) is 42.1 Å². The summed E-state index contributed by atoms with van der Waals surface area (Å²) in [6, 6.07) is 17.2. The normalized spacial score (nSPS) is 18.4. The molecule has 0 fully saturated rings. The summed E-state index contributed by atoms with van der Waals surface area (Å²) in [7, 11) is 1.75. The van der Waals surface area contributed by atoms with Gasteiger partial charge in [-0.1, -0.05) is 78.0 Å². The molecule has 186 valence electrons. The number of halogens is 1. The van der Waals surface area contributed by atoms with Gasteiger partial charge in [0.1, 0.15) is 11.2 Å². The second-order valence-electron chi connectivity index (χ2n) is 9.00. The molecule has 3 aromatic rings. The molecule has 0 amide bonds. The molecule has 0 spiro atoms. The van der Waals surface area contributed by atoms with Crippen molar-refractivity contribution in [3.8, 4) is 0 Å². The van der Waals surface area contributed by atoms with Crippen LogP contribution in [0.5, 0.6) is 0 Å². The first-order valence-corrected chi connectivity index (χ1v) is 14.6. The maximum atomic E-state index is 6.98. The fraction of sp³-hybridized carbons (Fsp3) is 0.300. The molecule has 2 heterocycles. The number of fused-ring (bicyclic) bond motifs is 2. The average molecular weight is 536 g/mol. The standard InChI is InChI=1S/C30H32ClN2OS2/c1-3-19-32-24-11-4-6-13-26(24)35-28(32)17-15-22-9-8-10-23(30(22)31)16-18-29-33(20-21-34-2)25-12-5-7-14-27(25)36-29/h4-7,11-18H,3,8-10,19-21H2,1-2H3/q+1. The summed E-state index contributed by atoms with van der Waals surface area (Å²) < 4.78 is 9.13. The number of aromatic nitrogens is 1. The molecule has 1 aliphatic carbocycles. The van der Waals surface area contributed by atoms with E-state index in [4.69, 9.17) is 16.3 Å². The van der Waals surface area contributed by atoms with Gasteiger partial charge in [-0.15, -0.1) is 0 Å². The zero-order valence-corrected chi connectivity index (χ0v) is 23.3. The lowest BCUT2D eigenvalue weighted by Crippen LogP contribution is -2.34.